The molecule has 492 valence electrons. The summed E-state index contributed by atoms with van der Waals surface area (Å²) in [5.41, 5.74) is -16.9. The molecule has 1 N–H and O–H groups in total. The number of hydrogen-bond donors (Lipinski definition) is 1. The summed E-state index contributed by atoms with van der Waals surface area (Å²) in [5, 5.41) is -20.5. The van der Waals surface area contributed by atoms with Crippen molar-refractivity contribution < 1.29 is 159 Å². The lowest BCUT2D eigenvalue weighted by Crippen LogP contribution is -3.17. The molecule has 1 nitrogen and oxygen atoms in total. The summed E-state index contributed by atoms with van der Waals surface area (Å²) in [6, 6.07) is -9.40. The number of benzene rings is 9. The van der Waals surface area contributed by atoms with Gasteiger partial charge < -0.3 is 0 Å². The summed E-state index contributed by atoms with van der Waals surface area (Å²) in [6.07, 6.45) is -18.7. The van der Waals surface area contributed by atoms with Gasteiger partial charge in [0.05, 0.1) is 28.1 Å². The maximum Gasteiger partial charge on any atom is 0.515 e. The Hall–Kier alpha value is -8.41. The van der Waals surface area contributed by atoms with Crippen LogP contribution in [-0.4, -0.2) is 24.9 Å². The summed E-state index contributed by atoms with van der Waals surface area (Å²) in [4.78, 5) is -2.09. The average Bonchev–Trinajstić information content (AvgIpc) is 0.669. The first-order valence-corrected chi connectivity index (χ1v) is 24.6. The van der Waals surface area contributed by atoms with Crippen LogP contribution in [0, 0.1) is 163 Å². The summed E-state index contributed by atoms with van der Waals surface area (Å²) < 4.78 is 525. The standard InChI is InChI=1S/C40H4BF24.C15H14F11N/c42-9-1-5-13(25(50)21(9)46)29(54)37(62)33(58)17(5)41(18-6-2-10(43)22(47)26(51)14(6)30(55)38(63)34(18)59,19-7-3-11(44)23(48)27(52)15(7)31(56)39(64)35(19)60)20-8-4-12(45)24(49)28(53)16(8)32(57)40(65)36(20)61;1-3-4-7(2)6-27(15(25,26)14(22,23)24)9-5-8(16)11(17)10(12(9)18)13(19,20)21/h1-4H;5,7H,3-4,6H2,1-2H3/q-1;/p+1. The van der Waals surface area contributed by atoms with Crippen LogP contribution in [0.5, 0.6) is 0 Å². The van der Waals surface area contributed by atoms with E-state index in [1.807, 2.05) is 0 Å². The van der Waals surface area contributed by atoms with Gasteiger partial charge in [-0.1, -0.05) is 20.3 Å². The molecule has 0 saturated heterocycles. The Morgan fingerprint density at radius 2 is 0.576 bits per heavy atom. The fourth-order valence-electron chi connectivity index (χ4n) is 11.0. The van der Waals surface area contributed by atoms with Crippen molar-refractivity contribution in [3.8, 4) is 0 Å². The van der Waals surface area contributed by atoms with E-state index in [0.717, 1.165) is 0 Å². The Bertz CT molecular complexity index is 4130. The van der Waals surface area contributed by atoms with Gasteiger partial charge in [-0.25, -0.2) is 119 Å². The molecule has 0 aromatic heterocycles. The zero-order chi connectivity index (χ0) is 69.5. The summed E-state index contributed by atoms with van der Waals surface area (Å²) >= 11 is 0. The smallest absolute Gasteiger partial charge is 0.231 e. The molecule has 92 heavy (non-hydrogen) atoms. The van der Waals surface area contributed by atoms with Gasteiger partial charge in [-0.15, -0.1) is 30.6 Å². The zero-order valence-electron chi connectivity index (χ0n) is 43.9. The van der Waals surface area contributed by atoms with Crippen molar-refractivity contribution in [3.05, 3.63) is 193 Å². The number of quaternary nitrogens is 1. The van der Waals surface area contributed by atoms with Crippen LogP contribution in [0.15, 0.2) is 30.3 Å². The molecule has 0 saturated carbocycles. The molecule has 0 heterocycles. The predicted molar refractivity (Wildman–Crippen MR) is 251 cm³/mol. The third kappa shape index (κ3) is 10.2. The van der Waals surface area contributed by atoms with Gasteiger partial charge in [0.25, 0.3) is 0 Å². The second-order valence-corrected chi connectivity index (χ2v) is 20.0. The normalized spacial score (nSPS) is 13.3. The van der Waals surface area contributed by atoms with Crippen molar-refractivity contribution >= 4 is 76.8 Å². The second-order valence-electron chi connectivity index (χ2n) is 20.0. The molecule has 37 heteroatoms. The second kappa shape index (κ2) is 23.6. The number of hydrogen-bond acceptors (Lipinski definition) is 0. The van der Waals surface area contributed by atoms with E-state index in [-0.39, 0.29) is 6.42 Å². The van der Waals surface area contributed by atoms with Crippen LogP contribution in [-0.2, 0) is 6.18 Å². The Morgan fingerprint density at radius 1 is 0.326 bits per heavy atom. The minimum absolute atomic E-state index is 0.0921. The van der Waals surface area contributed by atoms with E-state index < -0.39 is 305 Å². The van der Waals surface area contributed by atoms with E-state index >= 15 is 87.8 Å². The first-order chi connectivity index (χ1) is 42.3. The highest BCUT2D eigenvalue weighted by Gasteiger charge is 2.68. The molecule has 0 fully saturated rings. The minimum Gasteiger partial charge on any atom is -0.231 e. The van der Waals surface area contributed by atoms with Crippen molar-refractivity contribution in [1.82, 2.24) is 0 Å². The van der Waals surface area contributed by atoms with Crippen LogP contribution in [0.1, 0.15) is 32.3 Å². The van der Waals surface area contributed by atoms with Crippen molar-refractivity contribution in [2.24, 2.45) is 5.92 Å². The number of rotatable bonds is 10. The van der Waals surface area contributed by atoms with E-state index in [2.05, 4.69) is 0 Å². The van der Waals surface area contributed by atoms with Gasteiger partial charge >= 0.3 is 18.4 Å². The molecule has 0 spiro atoms. The van der Waals surface area contributed by atoms with Crippen LogP contribution in [0.3, 0.4) is 0 Å². The zero-order valence-corrected chi connectivity index (χ0v) is 43.9. The average molecular weight is 1370 g/mol. The monoisotopic (exact) mass is 1370 g/mol. The van der Waals surface area contributed by atoms with Gasteiger partial charge in [0.1, 0.15) is 35.0 Å². The van der Waals surface area contributed by atoms with Crippen LogP contribution in [0.2, 0.25) is 0 Å². The number of fused-ring (bicyclic) bond motifs is 4. The van der Waals surface area contributed by atoms with E-state index in [9.17, 15) is 65.9 Å². The van der Waals surface area contributed by atoms with E-state index in [1.54, 1.807) is 6.92 Å². The van der Waals surface area contributed by atoms with Gasteiger partial charge in [-0.2, -0.15) is 30.7 Å². The van der Waals surface area contributed by atoms with Crippen molar-refractivity contribution in [2.75, 3.05) is 6.54 Å². The highest BCUT2D eigenvalue weighted by molar-refractivity contribution is 7.23. The van der Waals surface area contributed by atoms with Crippen LogP contribution >= 0.6 is 0 Å². The third-order valence-corrected chi connectivity index (χ3v) is 14.7. The van der Waals surface area contributed by atoms with Crippen LogP contribution in [0.25, 0.3) is 43.1 Å². The molecule has 0 aliphatic carbocycles. The van der Waals surface area contributed by atoms with Crippen molar-refractivity contribution in [1.29, 1.82) is 0 Å². The maximum absolute atomic E-state index is 17.3. The molecule has 0 radical (unpaired) electrons. The summed E-state index contributed by atoms with van der Waals surface area (Å²) in [6.45, 7) is 1.62. The predicted octanol–water partition coefficient (Wildman–Crippen LogP) is 16.2. The van der Waals surface area contributed by atoms with Crippen LogP contribution in [0.4, 0.5) is 159 Å². The molecule has 9 aromatic rings. The van der Waals surface area contributed by atoms with Crippen LogP contribution < -0.4 is 26.8 Å². The molecule has 0 aliphatic rings. The molecule has 2 unspecified atom stereocenters. The molecule has 9 aromatic carbocycles. The Labute approximate surface area is 485 Å². The van der Waals surface area contributed by atoms with Gasteiger partial charge in [0.15, 0.2) is 139 Å². The largest absolute Gasteiger partial charge is 0.515 e. The first kappa shape index (κ1) is 69.5. The number of nitrogens with one attached hydrogen (secondary N) is 1. The lowest BCUT2D eigenvalue weighted by atomic mass is 9.11. The molecular weight excluding hydrogens is 1350 g/mol. The topological polar surface area (TPSA) is 4.44 Å². The third-order valence-electron chi connectivity index (χ3n) is 14.7. The van der Waals surface area contributed by atoms with Gasteiger partial charge in [0, 0.05) is 12.0 Å². The molecule has 0 amide bonds. The Morgan fingerprint density at radius 3 is 0.815 bits per heavy atom. The lowest BCUT2D eigenvalue weighted by molar-refractivity contribution is -0.953. The van der Waals surface area contributed by atoms with E-state index in [0.29, 0.717) is 6.42 Å². The quantitative estimate of drug-likeness (QED) is 0.0458. The minimum atomic E-state index is -7.01. The fraction of sp³-hybridized carbons (Fsp3) is 0.164. The Kier molecular flexibility index (Phi) is 17.8. The van der Waals surface area contributed by atoms with Crippen molar-refractivity contribution in [2.45, 2.75) is 45.1 Å². The molecular formula is C55H19BF35N. The molecule has 0 aliphatic heterocycles. The van der Waals surface area contributed by atoms with Gasteiger partial charge in [0.2, 0.25) is 0 Å². The SMILES string of the molecule is CCCC(C)C[NH+](c1cc(F)c(F)c(C(F)(F)F)c1F)C(F)(F)C(F)(F)F.Fc1cc2c([B-](c3c(F)c(F)c(F)c4c(F)c(F)c(F)cc34)(c3c(F)c(F)c(F)c4c(F)c(F)c(F)cc34)c3c(F)c(F)c(F)c4c(F)c(F)c(F)cc34)c(F)c(F)c(F)c2c(F)c1F. The summed E-state index contributed by atoms with van der Waals surface area (Å²) in [7, 11) is 0. The van der Waals surface area contributed by atoms with Gasteiger partial charge in [-0.3, -0.25) is 0 Å². The fourth-order valence-corrected chi connectivity index (χ4v) is 11.0. The van der Waals surface area contributed by atoms with Crippen molar-refractivity contribution in [3.63, 3.8) is 0 Å². The molecule has 2 atom stereocenters. The highest BCUT2D eigenvalue weighted by Crippen LogP contribution is 2.42. The number of halogens is 35. The lowest BCUT2D eigenvalue weighted by Gasteiger charge is -2.47. The highest BCUT2D eigenvalue weighted by atomic mass is 19.4. The molecule has 0 bridgehead atoms. The summed E-state index contributed by atoms with van der Waals surface area (Å²) in [5.74, 6) is -84.6. The number of alkyl halides is 8. The van der Waals surface area contributed by atoms with Gasteiger partial charge in [-0.05, 0) is 52.2 Å². The van der Waals surface area contributed by atoms with E-state index in [4.69, 9.17) is 0 Å². The maximum atomic E-state index is 17.3. The molecule has 9 rings (SSSR count). The van der Waals surface area contributed by atoms with E-state index in [1.165, 1.54) is 6.92 Å². The first-order valence-electron chi connectivity index (χ1n) is 24.6. The Balaban J connectivity index is 0.000000339.